The SMILES string of the molecule is COc1cc(-c2nc(C(=O)N[C@@H](Cc3c[nH]c4ccccc34)C(=O)N[C@@H](Cc3c[nH]c4ccccc34)C(=O)N[C@H](C(=O)OCc3ccccc3)[C@@H](C)O)cc3c2[nH]c2ccccc23)ccc1O. The Hall–Kier alpha value is -8.43. The summed E-state index contributed by atoms with van der Waals surface area (Å²) in [6, 6.07) is 34.1. The lowest BCUT2D eigenvalue weighted by Gasteiger charge is -2.26. The Labute approximate surface area is 383 Å². The number of H-pyrrole nitrogens is 3. The molecule has 0 aliphatic rings. The van der Waals surface area contributed by atoms with Crippen LogP contribution in [0.5, 0.6) is 11.5 Å². The second kappa shape index (κ2) is 19.0. The molecule has 0 aliphatic carbocycles. The number of hydrogen-bond acceptors (Lipinski definition) is 9. The van der Waals surface area contributed by atoms with E-state index < -0.39 is 47.9 Å². The number of aliphatic hydroxyl groups is 1. The van der Waals surface area contributed by atoms with Crippen molar-refractivity contribution in [3.63, 3.8) is 0 Å². The quantitative estimate of drug-likeness (QED) is 0.0481. The van der Waals surface area contributed by atoms with Crippen LogP contribution in [0.15, 0.2) is 140 Å². The highest BCUT2D eigenvalue weighted by molar-refractivity contribution is 6.13. The van der Waals surface area contributed by atoms with Crippen molar-refractivity contribution in [2.45, 2.75) is 50.6 Å². The minimum Gasteiger partial charge on any atom is -0.504 e. The number of pyridine rings is 1. The molecule has 4 aromatic heterocycles. The third kappa shape index (κ3) is 9.26. The molecule has 3 amide bonds. The summed E-state index contributed by atoms with van der Waals surface area (Å²) >= 11 is 0. The number of aromatic nitrogens is 4. The molecule has 0 radical (unpaired) electrons. The van der Waals surface area contributed by atoms with Crippen molar-refractivity contribution in [1.29, 1.82) is 0 Å². The Kier molecular flexibility index (Phi) is 12.4. The van der Waals surface area contributed by atoms with Gasteiger partial charge < -0.3 is 50.6 Å². The predicted octanol–water partition coefficient (Wildman–Crippen LogP) is 6.74. The maximum absolute atomic E-state index is 14.9. The number of methoxy groups -OCH3 is 1. The number of aromatic amines is 3. The second-order valence-corrected chi connectivity index (χ2v) is 16.4. The Bertz CT molecular complexity index is 3280. The van der Waals surface area contributed by atoms with Crippen LogP contribution in [0.4, 0.5) is 0 Å². The van der Waals surface area contributed by atoms with Gasteiger partial charge in [-0.25, -0.2) is 9.78 Å². The van der Waals surface area contributed by atoms with E-state index in [1.807, 2.05) is 78.9 Å². The van der Waals surface area contributed by atoms with Crippen LogP contribution in [0.25, 0.3) is 54.9 Å². The van der Waals surface area contributed by atoms with E-state index in [1.54, 1.807) is 54.9 Å². The number of carbonyl (C=O) groups is 4. The number of phenolic OH excluding ortho intramolecular Hbond substituents is 1. The lowest BCUT2D eigenvalue weighted by molar-refractivity contribution is -0.152. The first-order valence-electron chi connectivity index (χ1n) is 21.7. The first-order valence-corrected chi connectivity index (χ1v) is 21.7. The van der Waals surface area contributed by atoms with E-state index in [2.05, 4.69) is 30.9 Å². The Morgan fingerprint density at radius 2 is 1.25 bits per heavy atom. The zero-order valence-electron chi connectivity index (χ0n) is 36.5. The first kappa shape index (κ1) is 43.8. The van der Waals surface area contributed by atoms with Gasteiger partial charge in [-0.2, -0.15) is 0 Å². The number of hydrogen-bond donors (Lipinski definition) is 8. The molecule has 0 saturated heterocycles. The Balaban J connectivity index is 1.06. The van der Waals surface area contributed by atoms with E-state index in [-0.39, 0.29) is 36.6 Å². The normalized spacial score (nSPS) is 13.2. The summed E-state index contributed by atoms with van der Waals surface area (Å²) in [7, 11) is 1.44. The van der Waals surface area contributed by atoms with Gasteiger partial charge in [0.05, 0.1) is 24.4 Å². The van der Waals surface area contributed by atoms with Gasteiger partial charge in [0.25, 0.3) is 5.91 Å². The number of rotatable bonds is 16. The average Bonchev–Trinajstić information content (AvgIpc) is 4.07. The molecule has 0 saturated carbocycles. The van der Waals surface area contributed by atoms with Crippen LogP contribution < -0.4 is 20.7 Å². The molecule has 67 heavy (non-hydrogen) atoms. The number of nitrogens with zero attached hydrogens (tertiary/aromatic N) is 1. The number of para-hydroxylation sites is 3. The van der Waals surface area contributed by atoms with Gasteiger partial charge >= 0.3 is 5.97 Å². The first-order chi connectivity index (χ1) is 32.5. The monoisotopic (exact) mass is 897 g/mol. The summed E-state index contributed by atoms with van der Waals surface area (Å²) in [6.45, 7) is 1.27. The fourth-order valence-corrected chi connectivity index (χ4v) is 8.41. The van der Waals surface area contributed by atoms with Crippen molar-refractivity contribution in [3.8, 4) is 22.8 Å². The number of nitrogens with one attached hydrogen (secondary N) is 6. The molecule has 0 bridgehead atoms. The maximum Gasteiger partial charge on any atom is 0.331 e. The van der Waals surface area contributed by atoms with Gasteiger partial charge in [0, 0.05) is 68.9 Å². The molecule has 4 heterocycles. The minimum atomic E-state index is -1.48. The van der Waals surface area contributed by atoms with Crippen molar-refractivity contribution in [2.24, 2.45) is 0 Å². The largest absolute Gasteiger partial charge is 0.504 e. The van der Waals surface area contributed by atoms with Crippen molar-refractivity contribution in [2.75, 3.05) is 7.11 Å². The van der Waals surface area contributed by atoms with Gasteiger partial charge in [0.2, 0.25) is 11.8 Å². The molecule has 338 valence electrons. The van der Waals surface area contributed by atoms with Crippen LogP contribution in [0, 0.1) is 0 Å². The van der Waals surface area contributed by atoms with Gasteiger partial charge in [-0.1, -0.05) is 84.9 Å². The Morgan fingerprint density at radius 1 is 0.672 bits per heavy atom. The van der Waals surface area contributed by atoms with Crippen molar-refractivity contribution in [3.05, 3.63) is 162 Å². The molecule has 5 aromatic carbocycles. The van der Waals surface area contributed by atoms with Crippen molar-refractivity contribution >= 4 is 67.3 Å². The Morgan fingerprint density at radius 3 is 1.90 bits per heavy atom. The number of amides is 3. The van der Waals surface area contributed by atoms with Gasteiger partial charge in [0.1, 0.15) is 24.4 Å². The van der Waals surface area contributed by atoms with Crippen LogP contribution in [0.2, 0.25) is 0 Å². The predicted molar refractivity (Wildman–Crippen MR) is 254 cm³/mol. The van der Waals surface area contributed by atoms with Crippen LogP contribution >= 0.6 is 0 Å². The molecule has 0 unspecified atom stereocenters. The topological polar surface area (TPSA) is 224 Å². The number of phenols is 1. The standard InChI is InChI=1S/C52H47N7O8/c1-29(60)46(52(65)67-28-30-12-4-3-5-13-30)59-51(64)42(23-33-27-54-39-18-10-7-15-35(33)39)58-49(62)41(22-32-26-53-38-17-9-6-14-34(32)38)57-50(63)43-25-37-36-16-8-11-19-40(36)55-48(37)47(56-43)31-20-21-44(61)45(24-31)66-2/h3-21,24-27,29,41-42,46,53-55,60-61H,22-23,28H2,1-2H3,(H,57,63)(H,58,62)(H,59,64)/t29-,41+,42+,46+/m1/s1. The smallest absolute Gasteiger partial charge is 0.331 e. The van der Waals surface area contributed by atoms with Crippen molar-refractivity contribution < 1.29 is 38.9 Å². The fraction of sp³-hybridized carbons (Fsp3) is 0.173. The summed E-state index contributed by atoms with van der Waals surface area (Å²) in [6.07, 6.45) is 2.13. The van der Waals surface area contributed by atoms with Crippen LogP contribution in [0.3, 0.4) is 0 Å². The number of benzene rings is 5. The highest BCUT2D eigenvalue weighted by atomic mass is 16.5. The molecule has 0 fully saturated rings. The number of ether oxygens (including phenoxy) is 2. The van der Waals surface area contributed by atoms with Crippen LogP contribution in [-0.2, 0) is 38.6 Å². The van der Waals surface area contributed by atoms with E-state index in [1.165, 1.54) is 20.1 Å². The zero-order chi connectivity index (χ0) is 46.6. The summed E-state index contributed by atoms with van der Waals surface area (Å²) in [5.41, 5.74) is 6.17. The molecule has 15 nitrogen and oxygen atoms in total. The lowest BCUT2D eigenvalue weighted by atomic mass is 10.0. The maximum atomic E-state index is 14.9. The number of aliphatic hydroxyl groups excluding tert-OH is 1. The van der Waals surface area contributed by atoms with Crippen LogP contribution in [-0.4, -0.2) is 85.2 Å². The molecular formula is C52H47N7O8. The third-order valence-electron chi connectivity index (χ3n) is 11.9. The summed E-state index contributed by atoms with van der Waals surface area (Å²) < 4.78 is 10.9. The summed E-state index contributed by atoms with van der Waals surface area (Å²) in [4.78, 5) is 72.2. The van der Waals surface area contributed by atoms with E-state index in [0.717, 1.165) is 38.3 Å². The lowest BCUT2D eigenvalue weighted by Crippen LogP contribution is -2.58. The van der Waals surface area contributed by atoms with E-state index in [0.29, 0.717) is 33.3 Å². The highest BCUT2D eigenvalue weighted by Crippen LogP contribution is 2.36. The molecule has 4 atom stereocenters. The van der Waals surface area contributed by atoms with Gasteiger partial charge in [-0.15, -0.1) is 0 Å². The third-order valence-corrected chi connectivity index (χ3v) is 11.9. The van der Waals surface area contributed by atoms with Crippen molar-refractivity contribution in [1.82, 2.24) is 35.9 Å². The molecule has 8 N–H and O–H groups in total. The fourth-order valence-electron chi connectivity index (χ4n) is 8.41. The van der Waals surface area contributed by atoms with E-state index in [4.69, 9.17) is 14.5 Å². The number of fused-ring (bicyclic) bond motifs is 5. The molecule has 15 heteroatoms. The molecule has 0 spiro atoms. The second-order valence-electron chi connectivity index (χ2n) is 16.4. The average molecular weight is 898 g/mol. The number of esters is 1. The number of carbonyl (C=O) groups excluding carboxylic acids is 4. The molecule has 9 rings (SSSR count). The van der Waals surface area contributed by atoms with E-state index in [9.17, 15) is 29.4 Å². The summed E-state index contributed by atoms with van der Waals surface area (Å²) in [5, 5.41) is 32.8. The molecular weight excluding hydrogens is 851 g/mol. The highest BCUT2D eigenvalue weighted by Gasteiger charge is 2.34. The van der Waals surface area contributed by atoms with Crippen LogP contribution in [0.1, 0.15) is 34.1 Å². The minimum absolute atomic E-state index is 0.00195. The summed E-state index contributed by atoms with van der Waals surface area (Å²) in [5.74, 6) is -2.86. The van der Waals surface area contributed by atoms with E-state index >= 15 is 0 Å². The van der Waals surface area contributed by atoms with Gasteiger partial charge in [-0.3, -0.25) is 14.4 Å². The zero-order valence-corrected chi connectivity index (χ0v) is 36.5. The van der Waals surface area contributed by atoms with Gasteiger partial charge in [-0.05, 0) is 66.1 Å². The molecule has 0 aliphatic heterocycles. The number of aromatic hydroxyl groups is 1. The molecule has 9 aromatic rings. The van der Waals surface area contributed by atoms with Gasteiger partial charge in [0.15, 0.2) is 17.5 Å².